The zero-order valence-corrected chi connectivity index (χ0v) is 10.7. The molecule has 0 N–H and O–H groups in total. The third kappa shape index (κ3) is 3.97. The van der Waals surface area contributed by atoms with Crippen LogP contribution in [0.25, 0.3) is 0 Å². The quantitative estimate of drug-likeness (QED) is 0.733. The highest BCUT2D eigenvalue weighted by molar-refractivity contribution is 9.09. The first-order valence-electron chi connectivity index (χ1n) is 4.96. The number of alkyl halides is 1. The highest BCUT2D eigenvalue weighted by atomic mass is 79.9. The van der Waals surface area contributed by atoms with Crippen molar-refractivity contribution in [2.24, 2.45) is 0 Å². The summed E-state index contributed by atoms with van der Waals surface area (Å²) in [6.45, 7) is 2.20. The SMILES string of the molecule is CCCC(Br)CCc1ccncc1Cl. The molecule has 1 rings (SSSR count). The maximum Gasteiger partial charge on any atom is 0.0621 e. The molecule has 1 aromatic heterocycles. The van der Waals surface area contributed by atoms with Gasteiger partial charge in [0.1, 0.15) is 0 Å². The molecule has 14 heavy (non-hydrogen) atoms. The summed E-state index contributed by atoms with van der Waals surface area (Å²) < 4.78 is 0. The monoisotopic (exact) mass is 275 g/mol. The van der Waals surface area contributed by atoms with Gasteiger partial charge in [0.15, 0.2) is 0 Å². The van der Waals surface area contributed by atoms with Crippen molar-refractivity contribution in [3.8, 4) is 0 Å². The Kier molecular flexibility index (Phi) is 5.49. The zero-order valence-electron chi connectivity index (χ0n) is 8.34. The van der Waals surface area contributed by atoms with Crippen molar-refractivity contribution in [2.45, 2.75) is 37.4 Å². The van der Waals surface area contributed by atoms with Gasteiger partial charge >= 0.3 is 0 Å². The highest BCUT2D eigenvalue weighted by Crippen LogP contribution is 2.19. The molecular formula is C11H15BrClN. The fraction of sp³-hybridized carbons (Fsp3) is 0.545. The Balaban J connectivity index is 2.41. The molecule has 0 fully saturated rings. The highest BCUT2D eigenvalue weighted by Gasteiger charge is 2.05. The van der Waals surface area contributed by atoms with Crippen molar-refractivity contribution in [1.82, 2.24) is 4.98 Å². The van der Waals surface area contributed by atoms with Gasteiger partial charge in [-0.3, -0.25) is 4.98 Å². The number of nitrogens with zero attached hydrogens (tertiary/aromatic N) is 1. The van der Waals surface area contributed by atoms with E-state index in [9.17, 15) is 0 Å². The van der Waals surface area contributed by atoms with E-state index in [0.717, 1.165) is 17.9 Å². The number of aryl methyl sites for hydroxylation is 1. The van der Waals surface area contributed by atoms with Crippen molar-refractivity contribution in [1.29, 1.82) is 0 Å². The van der Waals surface area contributed by atoms with E-state index in [1.165, 1.54) is 18.4 Å². The van der Waals surface area contributed by atoms with Crippen LogP contribution in [0, 0.1) is 0 Å². The molecule has 0 aliphatic carbocycles. The smallest absolute Gasteiger partial charge is 0.0621 e. The molecule has 1 nitrogen and oxygen atoms in total. The average molecular weight is 277 g/mol. The van der Waals surface area contributed by atoms with Crippen LogP contribution in [0.3, 0.4) is 0 Å². The van der Waals surface area contributed by atoms with E-state index < -0.39 is 0 Å². The second-order valence-electron chi connectivity index (χ2n) is 3.39. The minimum absolute atomic E-state index is 0.608. The van der Waals surface area contributed by atoms with Gasteiger partial charge in [-0.05, 0) is 30.9 Å². The third-order valence-electron chi connectivity index (χ3n) is 2.19. The molecule has 0 aromatic carbocycles. The molecule has 0 saturated carbocycles. The summed E-state index contributed by atoms with van der Waals surface area (Å²) in [6, 6.07) is 1.99. The molecule has 1 unspecified atom stereocenters. The first-order chi connectivity index (χ1) is 6.74. The molecule has 0 radical (unpaired) electrons. The molecule has 1 aromatic rings. The van der Waals surface area contributed by atoms with Gasteiger partial charge in [0.2, 0.25) is 0 Å². The van der Waals surface area contributed by atoms with Gasteiger partial charge in [-0.2, -0.15) is 0 Å². The first-order valence-corrected chi connectivity index (χ1v) is 6.26. The predicted molar refractivity (Wildman–Crippen MR) is 65.2 cm³/mol. The van der Waals surface area contributed by atoms with Gasteiger partial charge in [-0.1, -0.05) is 40.9 Å². The van der Waals surface area contributed by atoms with Crippen LogP contribution < -0.4 is 0 Å². The maximum absolute atomic E-state index is 6.01. The number of hydrogen-bond donors (Lipinski definition) is 0. The van der Waals surface area contributed by atoms with Crippen LogP contribution >= 0.6 is 27.5 Å². The fourth-order valence-electron chi connectivity index (χ4n) is 1.38. The Labute approximate surface area is 99.0 Å². The van der Waals surface area contributed by atoms with Crippen LogP contribution in [0.1, 0.15) is 31.7 Å². The number of pyridine rings is 1. The maximum atomic E-state index is 6.01. The van der Waals surface area contributed by atoms with Crippen molar-refractivity contribution < 1.29 is 0 Å². The predicted octanol–water partition coefficient (Wildman–Crippen LogP) is 4.23. The Hall–Kier alpha value is -0.0800. The largest absolute Gasteiger partial charge is 0.263 e. The van der Waals surface area contributed by atoms with E-state index in [1.54, 1.807) is 12.4 Å². The van der Waals surface area contributed by atoms with Crippen LogP contribution in [0.15, 0.2) is 18.5 Å². The van der Waals surface area contributed by atoms with E-state index >= 15 is 0 Å². The lowest BCUT2D eigenvalue weighted by atomic mass is 10.1. The molecule has 0 spiro atoms. The van der Waals surface area contributed by atoms with E-state index in [4.69, 9.17) is 11.6 Å². The molecule has 0 bridgehead atoms. The molecule has 0 amide bonds. The summed E-state index contributed by atoms with van der Waals surface area (Å²) in [6.07, 6.45) is 8.11. The van der Waals surface area contributed by atoms with Gasteiger partial charge in [0.05, 0.1) is 5.02 Å². The van der Waals surface area contributed by atoms with E-state index in [1.807, 2.05) is 6.07 Å². The Morgan fingerprint density at radius 1 is 1.50 bits per heavy atom. The second kappa shape index (κ2) is 6.41. The minimum Gasteiger partial charge on any atom is -0.263 e. The summed E-state index contributed by atoms with van der Waals surface area (Å²) in [4.78, 5) is 4.57. The van der Waals surface area contributed by atoms with Crippen molar-refractivity contribution in [3.63, 3.8) is 0 Å². The standard InChI is InChI=1S/C11H15BrClN/c1-2-3-10(12)5-4-9-6-7-14-8-11(9)13/h6-8,10H,2-5H2,1H3. The molecule has 1 heterocycles. The molecule has 3 heteroatoms. The van der Waals surface area contributed by atoms with Gasteiger partial charge < -0.3 is 0 Å². The Bertz CT molecular complexity index is 278. The van der Waals surface area contributed by atoms with Gasteiger partial charge in [-0.15, -0.1) is 0 Å². The topological polar surface area (TPSA) is 12.9 Å². The normalized spacial score (nSPS) is 12.8. The summed E-state index contributed by atoms with van der Waals surface area (Å²) in [7, 11) is 0. The fourth-order valence-corrected chi connectivity index (χ4v) is 2.28. The second-order valence-corrected chi connectivity index (χ2v) is 5.09. The number of halogens is 2. The lowest BCUT2D eigenvalue weighted by Gasteiger charge is -2.08. The van der Waals surface area contributed by atoms with E-state index in [2.05, 4.69) is 27.8 Å². The molecule has 0 aliphatic rings. The van der Waals surface area contributed by atoms with E-state index in [-0.39, 0.29) is 0 Å². The van der Waals surface area contributed by atoms with Crippen molar-refractivity contribution in [2.75, 3.05) is 0 Å². The number of aromatic nitrogens is 1. The van der Waals surface area contributed by atoms with Gasteiger partial charge in [0.25, 0.3) is 0 Å². The third-order valence-corrected chi connectivity index (χ3v) is 3.44. The van der Waals surface area contributed by atoms with Crippen LogP contribution in [0.2, 0.25) is 5.02 Å². The molecule has 1 atom stereocenters. The van der Waals surface area contributed by atoms with Crippen molar-refractivity contribution in [3.05, 3.63) is 29.0 Å². The first kappa shape index (κ1) is 12.0. The summed E-state index contributed by atoms with van der Waals surface area (Å²) in [5.74, 6) is 0. The zero-order chi connectivity index (χ0) is 10.4. The number of rotatable bonds is 5. The van der Waals surface area contributed by atoms with Crippen LogP contribution in [0.5, 0.6) is 0 Å². The van der Waals surface area contributed by atoms with E-state index in [0.29, 0.717) is 4.83 Å². The van der Waals surface area contributed by atoms with Crippen LogP contribution in [-0.2, 0) is 6.42 Å². The lowest BCUT2D eigenvalue weighted by Crippen LogP contribution is -1.99. The molecule has 0 saturated heterocycles. The Morgan fingerprint density at radius 2 is 2.29 bits per heavy atom. The molecular weight excluding hydrogens is 261 g/mol. The van der Waals surface area contributed by atoms with Gasteiger partial charge in [-0.25, -0.2) is 0 Å². The molecule has 0 aliphatic heterocycles. The lowest BCUT2D eigenvalue weighted by molar-refractivity contribution is 0.693. The van der Waals surface area contributed by atoms with Crippen LogP contribution in [0.4, 0.5) is 0 Å². The van der Waals surface area contributed by atoms with Gasteiger partial charge in [0, 0.05) is 17.2 Å². The Morgan fingerprint density at radius 3 is 2.93 bits per heavy atom. The summed E-state index contributed by atoms with van der Waals surface area (Å²) in [5.41, 5.74) is 1.20. The average Bonchev–Trinajstić information content (AvgIpc) is 2.17. The van der Waals surface area contributed by atoms with Crippen LogP contribution in [-0.4, -0.2) is 9.81 Å². The number of hydrogen-bond acceptors (Lipinski definition) is 1. The molecule has 78 valence electrons. The van der Waals surface area contributed by atoms with Crippen molar-refractivity contribution >= 4 is 27.5 Å². The minimum atomic E-state index is 0.608. The summed E-state index contributed by atoms with van der Waals surface area (Å²) in [5, 5.41) is 0.781. The summed E-state index contributed by atoms with van der Waals surface area (Å²) >= 11 is 9.67.